The molecule has 0 spiro atoms. The first-order chi connectivity index (χ1) is 11.5. The van der Waals surface area contributed by atoms with E-state index in [9.17, 15) is 19.8 Å². The lowest BCUT2D eigenvalue weighted by Crippen LogP contribution is -2.15. The lowest BCUT2D eigenvalue weighted by Gasteiger charge is -2.17. The van der Waals surface area contributed by atoms with E-state index in [2.05, 4.69) is 0 Å². The summed E-state index contributed by atoms with van der Waals surface area (Å²) in [5, 5.41) is 19.7. The van der Waals surface area contributed by atoms with Crippen molar-refractivity contribution in [3.63, 3.8) is 0 Å². The normalized spacial score (nSPS) is 12.0. The van der Waals surface area contributed by atoms with Gasteiger partial charge in [-0.2, -0.15) is 0 Å². The molecule has 0 aliphatic carbocycles. The fraction of sp³-hybridized carbons (Fsp3) is 0.294. The Hall–Kier alpha value is -2.31. The number of ether oxygens (including phenoxy) is 1. The van der Waals surface area contributed by atoms with Gasteiger partial charge in [0.1, 0.15) is 12.4 Å². The van der Waals surface area contributed by atoms with E-state index in [0.29, 0.717) is 10.6 Å². The number of aliphatic hydroxyl groups is 1. The van der Waals surface area contributed by atoms with Crippen LogP contribution >= 0.6 is 11.6 Å². The van der Waals surface area contributed by atoms with E-state index in [0.717, 1.165) is 6.07 Å². The highest BCUT2D eigenvalue weighted by atomic mass is 35.5. The molecular formula is C17H17ClO6. The number of benzene rings is 1. The summed E-state index contributed by atoms with van der Waals surface area (Å²) in [6, 6.07) is 7.64. The minimum Gasteiger partial charge on any atom is -0.502 e. The third-order valence-corrected chi connectivity index (χ3v) is 3.63. The van der Waals surface area contributed by atoms with Gasteiger partial charge in [-0.15, -0.1) is 0 Å². The minimum atomic E-state index is -0.776. The first-order valence-electron chi connectivity index (χ1n) is 7.34. The van der Waals surface area contributed by atoms with Gasteiger partial charge in [0.15, 0.2) is 5.76 Å². The SMILES string of the molecule is CCOC(=O)C[C@H](c1cccc(Cl)c1)c1oc(CO)cc(=O)c1O. The summed E-state index contributed by atoms with van der Waals surface area (Å²) in [5.74, 6) is -2.02. The van der Waals surface area contributed by atoms with Crippen LogP contribution in [0.1, 0.15) is 36.3 Å². The second kappa shape index (κ2) is 7.99. The van der Waals surface area contributed by atoms with Crippen LogP contribution in [-0.4, -0.2) is 22.8 Å². The summed E-state index contributed by atoms with van der Waals surface area (Å²) < 4.78 is 10.4. The van der Waals surface area contributed by atoms with Crippen molar-refractivity contribution < 1.29 is 24.2 Å². The molecule has 1 atom stereocenters. The second-order valence-corrected chi connectivity index (χ2v) is 5.50. The standard InChI is InChI=1S/C17H17ClO6/c1-2-23-15(21)8-13(10-4-3-5-11(18)6-10)17-16(22)14(20)7-12(9-19)24-17/h3-7,13,19,22H,2,8-9H2,1H3/t13-/m1/s1. The van der Waals surface area contributed by atoms with E-state index in [4.69, 9.17) is 20.8 Å². The Morgan fingerprint density at radius 3 is 2.75 bits per heavy atom. The lowest BCUT2D eigenvalue weighted by atomic mass is 9.92. The van der Waals surface area contributed by atoms with Gasteiger partial charge in [-0.1, -0.05) is 23.7 Å². The number of hydrogen-bond donors (Lipinski definition) is 2. The van der Waals surface area contributed by atoms with Crippen molar-refractivity contribution in [2.75, 3.05) is 6.61 Å². The van der Waals surface area contributed by atoms with Gasteiger partial charge in [-0.3, -0.25) is 9.59 Å². The Labute approximate surface area is 143 Å². The van der Waals surface area contributed by atoms with Crippen molar-refractivity contribution in [2.24, 2.45) is 0 Å². The molecule has 2 aromatic rings. The number of carbonyl (C=O) groups is 1. The topological polar surface area (TPSA) is 97.0 Å². The zero-order chi connectivity index (χ0) is 17.7. The Kier molecular flexibility index (Phi) is 6.00. The van der Waals surface area contributed by atoms with Gasteiger partial charge >= 0.3 is 5.97 Å². The summed E-state index contributed by atoms with van der Waals surface area (Å²) in [6.45, 7) is 1.37. The highest BCUT2D eigenvalue weighted by molar-refractivity contribution is 6.30. The van der Waals surface area contributed by atoms with Crippen molar-refractivity contribution in [1.29, 1.82) is 0 Å². The molecule has 24 heavy (non-hydrogen) atoms. The summed E-state index contributed by atoms with van der Waals surface area (Å²) in [4.78, 5) is 23.8. The first kappa shape index (κ1) is 18.0. The van der Waals surface area contributed by atoms with E-state index in [-0.39, 0.29) is 24.5 Å². The van der Waals surface area contributed by atoms with Gasteiger partial charge in [0, 0.05) is 11.1 Å². The Morgan fingerprint density at radius 2 is 2.12 bits per heavy atom. The average molecular weight is 353 g/mol. The molecule has 0 radical (unpaired) electrons. The minimum absolute atomic E-state index is 0.0105. The van der Waals surface area contributed by atoms with Crippen LogP contribution in [0, 0.1) is 0 Å². The van der Waals surface area contributed by atoms with Gasteiger partial charge in [0.2, 0.25) is 11.2 Å². The summed E-state index contributed by atoms with van der Waals surface area (Å²) >= 11 is 5.99. The lowest BCUT2D eigenvalue weighted by molar-refractivity contribution is -0.143. The molecule has 0 unspecified atom stereocenters. The van der Waals surface area contributed by atoms with E-state index < -0.39 is 29.7 Å². The number of rotatable bonds is 6. The monoisotopic (exact) mass is 352 g/mol. The van der Waals surface area contributed by atoms with Crippen molar-refractivity contribution in [3.8, 4) is 5.75 Å². The molecule has 0 aliphatic heterocycles. The van der Waals surface area contributed by atoms with Crippen molar-refractivity contribution in [3.05, 3.63) is 62.7 Å². The van der Waals surface area contributed by atoms with Crippen LogP contribution in [0.15, 0.2) is 39.5 Å². The van der Waals surface area contributed by atoms with E-state index in [1.54, 1.807) is 31.2 Å². The largest absolute Gasteiger partial charge is 0.502 e. The highest BCUT2D eigenvalue weighted by Crippen LogP contribution is 2.34. The molecule has 7 heteroatoms. The molecule has 128 valence electrons. The van der Waals surface area contributed by atoms with Crippen molar-refractivity contribution in [1.82, 2.24) is 0 Å². The third kappa shape index (κ3) is 4.15. The maximum Gasteiger partial charge on any atom is 0.306 e. The molecule has 1 aromatic heterocycles. The van der Waals surface area contributed by atoms with Crippen LogP contribution in [0.4, 0.5) is 0 Å². The zero-order valence-electron chi connectivity index (χ0n) is 13.0. The van der Waals surface area contributed by atoms with Crippen LogP contribution in [0.2, 0.25) is 5.02 Å². The Morgan fingerprint density at radius 1 is 1.38 bits per heavy atom. The fourth-order valence-corrected chi connectivity index (χ4v) is 2.54. The Balaban J connectivity index is 2.56. The van der Waals surface area contributed by atoms with Crippen LogP contribution < -0.4 is 5.43 Å². The van der Waals surface area contributed by atoms with Crippen LogP contribution in [0.5, 0.6) is 5.75 Å². The number of aromatic hydroxyl groups is 1. The average Bonchev–Trinajstić information content (AvgIpc) is 2.55. The van der Waals surface area contributed by atoms with Crippen molar-refractivity contribution in [2.45, 2.75) is 25.9 Å². The predicted molar refractivity (Wildman–Crippen MR) is 87.1 cm³/mol. The maximum absolute atomic E-state index is 11.9. The third-order valence-electron chi connectivity index (χ3n) is 3.40. The molecule has 0 amide bonds. The number of carbonyl (C=O) groups excluding carboxylic acids is 1. The summed E-state index contributed by atoms with van der Waals surface area (Å²) in [5.41, 5.74) is -0.125. The summed E-state index contributed by atoms with van der Waals surface area (Å²) in [6.07, 6.45) is -0.153. The maximum atomic E-state index is 11.9. The van der Waals surface area contributed by atoms with Gasteiger partial charge in [0.05, 0.1) is 18.9 Å². The van der Waals surface area contributed by atoms with Crippen LogP contribution in [0.3, 0.4) is 0 Å². The molecule has 0 aliphatic rings. The van der Waals surface area contributed by atoms with Crippen LogP contribution in [-0.2, 0) is 16.1 Å². The summed E-state index contributed by atoms with van der Waals surface area (Å²) in [7, 11) is 0. The van der Waals surface area contributed by atoms with E-state index >= 15 is 0 Å². The molecule has 2 N–H and O–H groups in total. The molecule has 1 heterocycles. The van der Waals surface area contributed by atoms with Gasteiger partial charge in [-0.25, -0.2) is 0 Å². The van der Waals surface area contributed by atoms with E-state index in [1.807, 2.05) is 0 Å². The number of hydrogen-bond acceptors (Lipinski definition) is 6. The number of esters is 1. The van der Waals surface area contributed by atoms with E-state index in [1.165, 1.54) is 0 Å². The first-order valence-corrected chi connectivity index (χ1v) is 7.71. The quantitative estimate of drug-likeness (QED) is 0.775. The fourth-order valence-electron chi connectivity index (χ4n) is 2.34. The molecular weight excluding hydrogens is 336 g/mol. The molecule has 2 rings (SSSR count). The number of halogens is 1. The molecule has 0 saturated heterocycles. The molecule has 6 nitrogen and oxygen atoms in total. The molecule has 0 fully saturated rings. The van der Waals surface area contributed by atoms with Gasteiger partial charge < -0.3 is 19.4 Å². The number of aliphatic hydroxyl groups excluding tert-OH is 1. The predicted octanol–water partition coefficient (Wildman–Crippen LogP) is 2.58. The molecule has 0 bridgehead atoms. The van der Waals surface area contributed by atoms with Gasteiger partial charge in [0.25, 0.3) is 0 Å². The molecule has 0 saturated carbocycles. The smallest absolute Gasteiger partial charge is 0.306 e. The van der Waals surface area contributed by atoms with Crippen molar-refractivity contribution >= 4 is 17.6 Å². The Bertz CT molecular complexity index is 783. The van der Waals surface area contributed by atoms with Gasteiger partial charge in [-0.05, 0) is 24.6 Å². The second-order valence-electron chi connectivity index (χ2n) is 5.06. The molecule has 1 aromatic carbocycles. The zero-order valence-corrected chi connectivity index (χ0v) is 13.7. The van der Waals surface area contributed by atoms with Crippen LogP contribution in [0.25, 0.3) is 0 Å². The highest BCUT2D eigenvalue weighted by Gasteiger charge is 2.26.